The summed E-state index contributed by atoms with van der Waals surface area (Å²) in [5.74, 6) is 1.18. The summed E-state index contributed by atoms with van der Waals surface area (Å²) in [4.78, 5) is 21.8. The normalized spacial score (nSPS) is 18.5. The molecule has 1 fully saturated rings. The molecule has 1 aromatic rings. The van der Waals surface area contributed by atoms with Crippen LogP contribution in [0.25, 0.3) is 0 Å². The van der Waals surface area contributed by atoms with E-state index in [1.54, 1.807) is 0 Å². The van der Waals surface area contributed by atoms with E-state index in [2.05, 4.69) is 5.92 Å². The summed E-state index contributed by atoms with van der Waals surface area (Å²) in [7, 11) is -4.24. The summed E-state index contributed by atoms with van der Waals surface area (Å²) in [6, 6.07) is 4.95. The zero-order valence-corrected chi connectivity index (χ0v) is 11.7. The zero-order chi connectivity index (χ0) is 15.6. The monoisotopic (exact) mass is 308 g/mol. The van der Waals surface area contributed by atoms with Gasteiger partial charge in [-0.25, -0.2) is 12.7 Å². The van der Waals surface area contributed by atoms with Crippen LogP contribution in [0.5, 0.6) is 0 Å². The van der Waals surface area contributed by atoms with Gasteiger partial charge in [-0.05, 0) is 12.5 Å². The third-order valence-electron chi connectivity index (χ3n) is 3.27. The Labute approximate surface area is 121 Å². The Balaban J connectivity index is 2.43. The highest BCUT2D eigenvalue weighted by atomic mass is 32.2. The number of para-hydroxylation sites is 1. The molecular weight excluding hydrogens is 296 g/mol. The number of hydrogen-bond acceptors (Lipinski definition) is 5. The molecule has 1 aliphatic heterocycles. The molecule has 8 heteroatoms. The van der Waals surface area contributed by atoms with Crippen molar-refractivity contribution in [2.45, 2.75) is 17.7 Å². The fourth-order valence-electron chi connectivity index (χ4n) is 2.23. The van der Waals surface area contributed by atoms with Gasteiger partial charge in [0.15, 0.2) is 4.90 Å². The standard InChI is InChI=1S/C13H12N2O5S/c1-2-5-10-8-9-14(13(10)16)21(19,20)12-7-4-3-6-11(12)15(17)18/h1,3-4,6-7,10H,5,8-9H2. The molecule has 1 heterocycles. The van der Waals surface area contributed by atoms with E-state index in [0.29, 0.717) is 10.7 Å². The molecule has 1 aliphatic rings. The van der Waals surface area contributed by atoms with Gasteiger partial charge in [0.2, 0.25) is 5.91 Å². The van der Waals surface area contributed by atoms with Gasteiger partial charge in [0.25, 0.3) is 15.7 Å². The predicted molar refractivity (Wildman–Crippen MR) is 73.6 cm³/mol. The third-order valence-corrected chi connectivity index (χ3v) is 5.11. The second-order valence-corrected chi connectivity index (χ2v) is 6.36. The summed E-state index contributed by atoms with van der Waals surface area (Å²) >= 11 is 0. The van der Waals surface area contributed by atoms with Crippen molar-refractivity contribution in [1.29, 1.82) is 0 Å². The lowest BCUT2D eigenvalue weighted by Crippen LogP contribution is -2.34. The summed E-state index contributed by atoms with van der Waals surface area (Å²) in [6.45, 7) is -0.0143. The van der Waals surface area contributed by atoms with Crippen molar-refractivity contribution >= 4 is 21.6 Å². The van der Waals surface area contributed by atoms with Crippen LogP contribution in [0.2, 0.25) is 0 Å². The lowest BCUT2D eigenvalue weighted by atomic mass is 10.1. The number of benzene rings is 1. The van der Waals surface area contributed by atoms with Crippen LogP contribution >= 0.6 is 0 Å². The Bertz CT molecular complexity index is 735. The number of carbonyl (C=O) groups is 1. The Morgan fingerprint density at radius 1 is 1.43 bits per heavy atom. The SMILES string of the molecule is C#CCC1CCN(S(=O)(=O)c2ccccc2[N+](=O)[O-])C1=O. The van der Waals surface area contributed by atoms with E-state index in [4.69, 9.17) is 6.42 Å². The Morgan fingerprint density at radius 3 is 2.71 bits per heavy atom. The van der Waals surface area contributed by atoms with E-state index in [1.165, 1.54) is 12.1 Å². The van der Waals surface area contributed by atoms with Crippen molar-refractivity contribution in [2.75, 3.05) is 6.54 Å². The molecular formula is C13H12N2O5S. The van der Waals surface area contributed by atoms with E-state index >= 15 is 0 Å². The van der Waals surface area contributed by atoms with Gasteiger partial charge in [0, 0.05) is 19.0 Å². The van der Waals surface area contributed by atoms with E-state index in [-0.39, 0.29) is 13.0 Å². The van der Waals surface area contributed by atoms with Crippen LogP contribution in [0.1, 0.15) is 12.8 Å². The molecule has 21 heavy (non-hydrogen) atoms. The lowest BCUT2D eigenvalue weighted by molar-refractivity contribution is -0.387. The molecule has 0 saturated carbocycles. The van der Waals surface area contributed by atoms with Gasteiger partial charge in [0.05, 0.1) is 10.8 Å². The molecule has 1 unspecified atom stereocenters. The average molecular weight is 308 g/mol. The maximum Gasteiger partial charge on any atom is 0.289 e. The highest BCUT2D eigenvalue weighted by Gasteiger charge is 2.41. The summed E-state index contributed by atoms with van der Waals surface area (Å²) in [5, 5.41) is 10.9. The molecule has 110 valence electrons. The number of amides is 1. The molecule has 0 aliphatic carbocycles. The molecule has 0 aromatic heterocycles. The first kappa shape index (κ1) is 15.0. The van der Waals surface area contributed by atoms with Crippen molar-refractivity contribution in [3.8, 4) is 12.3 Å². The van der Waals surface area contributed by atoms with E-state index < -0.39 is 37.4 Å². The number of nitro groups is 1. The second kappa shape index (κ2) is 5.54. The first-order valence-corrected chi connectivity index (χ1v) is 7.57. The van der Waals surface area contributed by atoms with Gasteiger partial charge >= 0.3 is 0 Å². The van der Waals surface area contributed by atoms with Gasteiger partial charge in [-0.1, -0.05) is 12.1 Å². The van der Waals surface area contributed by atoms with Gasteiger partial charge in [-0.2, -0.15) is 0 Å². The Hall–Kier alpha value is -2.40. The van der Waals surface area contributed by atoms with Gasteiger partial charge < -0.3 is 0 Å². The van der Waals surface area contributed by atoms with Crippen LogP contribution in [-0.4, -0.2) is 30.1 Å². The molecule has 0 bridgehead atoms. The number of nitro benzene ring substituents is 1. The van der Waals surface area contributed by atoms with Crippen molar-refractivity contribution in [2.24, 2.45) is 5.92 Å². The van der Waals surface area contributed by atoms with Gasteiger partial charge in [-0.15, -0.1) is 12.3 Å². The molecule has 0 N–H and O–H groups in total. The lowest BCUT2D eigenvalue weighted by Gasteiger charge is -2.16. The molecule has 1 saturated heterocycles. The van der Waals surface area contributed by atoms with Crippen LogP contribution in [0.4, 0.5) is 5.69 Å². The first-order valence-electron chi connectivity index (χ1n) is 6.13. The van der Waals surface area contributed by atoms with Crippen LogP contribution in [0.15, 0.2) is 29.2 Å². The maximum absolute atomic E-state index is 12.5. The number of sulfonamides is 1. The maximum atomic E-state index is 12.5. The van der Waals surface area contributed by atoms with E-state index in [0.717, 1.165) is 12.1 Å². The Kier molecular flexibility index (Phi) is 3.95. The van der Waals surface area contributed by atoms with Gasteiger partial charge in [-0.3, -0.25) is 14.9 Å². The van der Waals surface area contributed by atoms with Crippen molar-refractivity contribution < 1.29 is 18.1 Å². The summed E-state index contributed by atoms with van der Waals surface area (Å²) < 4.78 is 25.6. The largest absolute Gasteiger partial charge is 0.289 e. The minimum Gasteiger partial charge on any atom is -0.273 e. The van der Waals surface area contributed by atoms with Gasteiger partial charge in [0.1, 0.15) is 0 Å². The molecule has 7 nitrogen and oxygen atoms in total. The minimum atomic E-state index is -4.24. The summed E-state index contributed by atoms with van der Waals surface area (Å²) in [5.41, 5.74) is -0.550. The van der Waals surface area contributed by atoms with Crippen molar-refractivity contribution in [3.63, 3.8) is 0 Å². The number of hydrogen-bond donors (Lipinski definition) is 0. The number of carbonyl (C=O) groups excluding carboxylic acids is 1. The van der Waals surface area contributed by atoms with Crippen LogP contribution in [0, 0.1) is 28.4 Å². The van der Waals surface area contributed by atoms with Crippen LogP contribution in [-0.2, 0) is 14.8 Å². The van der Waals surface area contributed by atoms with Crippen LogP contribution in [0.3, 0.4) is 0 Å². The molecule has 0 spiro atoms. The highest BCUT2D eigenvalue weighted by Crippen LogP contribution is 2.31. The first-order chi connectivity index (χ1) is 9.89. The molecule has 1 amide bonds. The number of terminal acetylenes is 1. The minimum absolute atomic E-state index is 0.0143. The quantitative estimate of drug-likeness (QED) is 0.472. The topological polar surface area (TPSA) is 97.6 Å². The molecule has 1 aromatic carbocycles. The smallest absolute Gasteiger partial charge is 0.273 e. The van der Waals surface area contributed by atoms with Crippen molar-refractivity contribution in [1.82, 2.24) is 4.31 Å². The molecule has 0 radical (unpaired) electrons. The summed E-state index contributed by atoms with van der Waals surface area (Å²) in [6.07, 6.45) is 5.62. The number of rotatable bonds is 4. The van der Waals surface area contributed by atoms with E-state index in [9.17, 15) is 23.3 Å². The number of nitrogens with zero attached hydrogens (tertiary/aromatic N) is 2. The predicted octanol–water partition coefficient (Wildman–Crippen LogP) is 1.16. The third kappa shape index (κ3) is 2.60. The molecule has 1 atom stereocenters. The second-order valence-electron chi connectivity index (χ2n) is 4.53. The van der Waals surface area contributed by atoms with Crippen molar-refractivity contribution in [3.05, 3.63) is 34.4 Å². The fourth-order valence-corrected chi connectivity index (χ4v) is 3.85. The fraction of sp³-hybridized carbons (Fsp3) is 0.308. The Morgan fingerprint density at radius 2 is 2.10 bits per heavy atom. The average Bonchev–Trinajstić information content (AvgIpc) is 2.81. The van der Waals surface area contributed by atoms with E-state index in [1.807, 2.05) is 0 Å². The molecule has 2 rings (SSSR count). The van der Waals surface area contributed by atoms with Crippen LogP contribution < -0.4 is 0 Å². The highest BCUT2D eigenvalue weighted by molar-refractivity contribution is 7.89. The zero-order valence-electron chi connectivity index (χ0n) is 10.9.